The molecule has 2 N–H and O–H groups in total. The van der Waals surface area contributed by atoms with E-state index in [1.807, 2.05) is 13.8 Å². The quantitative estimate of drug-likeness (QED) is 0.730. The predicted octanol–water partition coefficient (Wildman–Crippen LogP) is 1.24. The molecule has 0 aliphatic rings. The number of nitrogens with one attached hydrogen (secondary N) is 2. The lowest BCUT2D eigenvalue weighted by Gasteiger charge is -2.19. The number of Topliss-reactive ketones (excluding diaryl/α,β-unsaturated/α-hetero) is 1. The standard InChI is InChI=1S/C13H24N2O4/c1-8(2)12(10(5)16)15-11(17)6-7-14-13(18)19-9(3)4/h8-9,12H,6-7H2,1-5H3,(H,14,18)(H,15,17). The fourth-order valence-corrected chi connectivity index (χ4v) is 1.52. The van der Waals surface area contributed by atoms with E-state index in [1.165, 1.54) is 6.92 Å². The van der Waals surface area contributed by atoms with Crippen LogP contribution >= 0.6 is 0 Å². The first kappa shape index (κ1) is 17.4. The van der Waals surface area contributed by atoms with Gasteiger partial charge < -0.3 is 15.4 Å². The maximum atomic E-state index is 11.6. The van der Waals surface area contributed by atoms with Gasteiger partial charge in [-0.05, 0) is 26.7 Å². The second-order valence-electron chi connectivity index (χ2n) is 5.03. The van der Waals surface area contributed by atoms with Crippen LogP contribution in [0.15, 0.2) is 0 Å². The fraction of sp³-hybridized carbons (Fsp3) is 0.769. The Morgan fingerprint density at radius 1 is 1.11 bits per heavy atom. The zero-order valence-electron chi connectivity index (χ0n) is 12.3. The van der Waals surface area contributed by atoms with E-state index in [0.717, 1.165) is 0 Å². The molecule has 0 aliphatic carbocycles. The van der Waals surface area contributed by atoms with Crippen molar-refractivity contribution in [1.82, 2.24) is 10.6 Å². The van der Waals surface area contributed by atoms with Gasteiger partial charge in [-0.1, -0.05) is 13.8 Å². The Morgan fingerprint density at radius 2 is 1.68 bits per heavy atom. The lowest BCUT2D eigenvalue weighted by Crippen LogP contribution is -2.44. The fourth-order valence-electron chi connectivity index (χ4n) is 1.52. The summed E-state index contributed by atoms with van der Waals surface area (Å²) in [6.07, 6.45) is -0.629. The first-order chi connectivity index (χ1) is 8.73. The van der Waals surface area contributed by atoms with Crippen LogP contribution in [-0.2, 0) is 14.3 Å². The summed E-state index contributed by atoms with van der Waals surface area (Å²) in [4.78, 5) is 34.1. The highest BCUT2D eigenvalue weighted by Gasteiger charge is 2.20. The second kappa shape index (κ2) is 8.50. The van der Waals surface area contributed by atoms with Crippen molar-refractivity contribution in [1.29, 1.82) is 0 Å². The van der Waals surface area contributed by atoms with Crippen molar-refractivity contribution in [3.8, 4) is 0 Å². The molecular weight excluding hydrogens is 248 g/mol. The lowest BCUT2D eigenvalue weighted by molar-refractivity contribution is -0.127. The lowest BCUT2D eigenvalue weighted by atomic mass is 10.0. The average molecular weight is 272 g/mol. The number of carbonyl (C=O) groups excluding carboxylic acids is 3. The van der Waals surface area contributed by atoms with Crippen LogP contribution in [0.1, 0.15) is 41.0 Å². The highest BCUT2D eigenvalue weighted by Crippen LogP contribution is 2.02. The van der Waals surface area contributed by atoms with Crippen LogP contribution in [0.3, 0.4) is 0 Å². The Kier molecular flexibility index (Phi) is 7.79. The molecule has 0 bridgehead atoms. The average Bonchev–Trinajstić information content (AvgIpc) is 2.23. The highest BCUT2D eigenvalue weighted by atomic mass is 16.6. The van der Waals surface area contributed by atoms with Crippen molar-refractivity contribution in [2.75, 3.05) is 6.54 Å². The van der Waals surface area contributed by atoms with Gasteiger partial charge in [-0.2, -0.15) is 0 Å². The molecule has 6 heteroatoms. The monoisotopic (exact) mass is 272 g/mol. The predicted molar refractivity (Wildman–Crippen MR) is 71.7 cm³/mol. The van der Waals surface area contributed by atoms with Crippen molar-refractivity contribution in [3.63, 3.8) is 0 Å². The molecule has 0 rings (SSSR count). The molecule has 6 nitrogen and oxygen atoms in total. The zero-order valence-corrected chi connectivity index (χ0v) is 12.3. The van der Waals surface area contributed by atoms with Gasteiger partial charge in [0.15, 0.2) is 5.78 Å². The van der Waals surface area contributed by atoms with E-state index in [-0.39, 0.29) is 36.7 Å². The molecule has 0 aromatic heterocycles. The van der Waals surface area contributed by atoms with Crippen molar-refractivity contribution in [3.05, 3.63) is 0 Å². The molecule has 0 heterocycles. The van der Waals surface area contributed by atoms with Crippen LogP contribution in [0.25, 0.3) is 0 Å². The van der Waals surface area contributed by atoms with Gasteiger partial charge in [-0.15, -0.1) is 0 Å². The third kappa shape index (κ3) is 8.18. The summed E-state index contributed by atoms with van der Waals surface area (Å²) in [5.74, 6) is -0.297. The smallest absolute Gasteiger partial charge is 0.407 e. The number of hydrogen-bond acceptors (Lipinski definition) is 4. The molecule has 0 spiro atoms. The minimum atomic E-state index is -0.547. The van der Waals surface area contributed by atoms with Gasteiger partial charge in [0.25, 0.3) is 0 Å². The SMILES string of the molecule is CC(=O)C(NC(=O)CCNC(=O)OC(C)C)C(C)C. The van der Waals surface area contributed by atoms with Crippen LogP contribution in [0, 0.1) is 5.92 Å². The number of hydrogen-bond donors (Lipinski definition) is 2. The minimum absolute atomic E-state index is 0.0420. The summed E-state index contributed by atoms with van der Waals surface area (Å²) in [6.45, 7) is 8.84. The van der Waals surface area contributed by atoms with Crippen LogP contribution < -0.4 is 10.6 Å². The number of amides is 2. The van der Waals surface area contributed by atoms with Gasteiger partial charge in [0.05, 0.1) is 12.1 Å². The molecule has 0 saturated carbocycles. The first-order valence-electron chi connectivity index (χ1n) is 6.48. The van der Waals surface area contributed by atoms with Crippen LogP contribution in [0.2, 0.25) is 0 Å². The van der Waals surface area contributed by atoms with E-state index < -0.39 is 12.1 Å². The summed E-state index contributed by atoms with van der Waals surface area (Å²) >= 11 is 0. The number of ketones is 1. The molecule has 1 unspecified atom stereocenters. The molecule has 0 radical (unpaired) electrons. The van der Waals surface area contributed by atoms with Gasteiger partial charge in [-0.25, -0.2) is 4.79 Å². The van der Waals surface area contributed by atoms with Gasteiger partial charge in [0.1, 0.15) is 0 Å². The van der Waals surface area contributed by atoms with Crippen molar-refractivity contribution in [2.45, 2.75) is 53.2 Å². The van der Waals surface area contributed by atoms with Gasteiger partial charge in [0.2, 0.25) is 5.91 Å². The number of ether oxygens (including phenoxy) is 1. The summed E-state index contributed by atoms with van der Waals surface area (Å²) in [5.41, 5.74) is 0. The van der Waals surface area contributed by atoms with E-state index in [2.05, 4.69) is 10.6 Å². The molecule has 0 aromatic rings. The summed E-state index contributed by atoms with van der Waals surface area (Å²) in [6, 6.07) is -0.477. The van der Waals surface area contributed by atoms with E-state index in [4.69, 9.17) is 4.74 Å². The largest absolute Gasteiger partial charge is 0.447 e. The summed E-state index contributed by atoms with van der Waals surface area (Å²) in [7, 11) is 0. The van der Waals surface area contributed by atoms with Crippen molar-refractivity contribution >= 4 is 17.8 Å². The number of rotatable bonds is 7. The van der Waals surface area contributed by atoms with Gasteiger partial charge >= 0.3 is 6.09 Å². The molecule has 19 heavy (non-hydrogen) atoms. The topological polar surface area (TPSA) is 84.5 Å². The minimum Gasteiger partial charge on any atom is -0.447 e. The number of alkyl carbamates (subject to hydrolysis) is 1. The van der Waals surface area contributed by atoms with E-state index in [0.29, 0.717) is 0 Å². The molecular formula is C13H24N2O4. The molecule has 0 fully saturated rings. The first-order valence-corrected chi connectivity index (χ1v) is 6.48. The van der Waals surface area contributed by atoms with Crippen molar-refractivity contribution < 1.29 is 19.1 Å². The second-order valence-corrected chi connectivity index (χ2v) is 5.03. The molecule has 0 aromatic carbocycles. The number of carbonyl (C=O) groups is 3. The Bertz CT molecular complexity index is 327. The Morgan fingerprint density at radius 3 is 2.11 bits per heavy atom. The van der Waals surface area contributed by atoms with Crippen LogP contribution in [-0.4, -0.2) is 36.5 Å². The van der Waals surface area contributed by atoms with E-state index >= 15 is 0 Å². The zero-order chi connectivity index (χ0) is 15.0. The van der Waals surface area contributed by atoms with Crippen LogP contribution in [0.4, 0.5) is 4.79 Å². The molecule has 1 atom stereocenters. The molecule has 2 amide bonds. The van der Waals surface area contributed by atoms with Crippen molar-refractivity contribution in [2.24, 2.45) is 5.92 Å². The third-order valence-corrected chi connectivity index (χ3v) is 2.39. The Balaban J connectivity index is 3.99. The molecule has 0 saturated heterocycles. The molecule has 0 aliphatic heterocycles. The summed E-state index contributed by atoms with van der Waals surface area (Å²) < 4.78 is 4.85. The molecule has 110 valence electrons. The Hall–Kier alpha value is -1.59. The van der Waals surface area contributed by atoms with Crippen LogP contribution in [0.5, 0.6) is 0 Å². The maximum Gasteiger partial charge on any atom is 0.407 e. The summed E-state index contributed by atoms with van der Waals surface area (Å²) in [5, 5.41) is 5.12. The normalized spacial score (nSPS) is 12.2. The highest BCUT2D eigenvalue weighted by molar-refractivity contribution is 5.87. The van der Waals surface area contributed by atoms with E-state index in [1.54, 1.807) is 13.8 Å². The third-order valence-electron chi connectivity index (χ3n) is 2.39. The van der Waals surface area contributed by atoms with Gasteiger partial charge in [-0.3, -0.25) is 9.59 Å². The van der Waals surface area contributed by atoms with Gasteiger partial charge in [0, 0.05) is 13.0 Å². The maximum absolute atomic E-state index is 11.6. The Labute approximate surface area is 114 Å². The van der Waals surface area contributed by atoms with E-state index in [9.17, 15) is 14.4 Å².